The molecule has 0 amide bonds. The van der Waals surface area contributed by atoms with Crippen LogP contribution in [0.1, 0.15) is 38.2 Å². The van der Waals surface area contributed by atoms with Gasteiger partial charge in [0.05, 0.1) is 17.7 Å². The molecule has 1 aliphatic rings. The summed E-state index contributed by atoms with van der Waals surface area (Å²) in [5, 5.41) is 14.4. The minimum Gasteiger partial charge on any atom is -0.254 e. The Bertz CT molecular complexity index is 740. The molecular weight excluding hydrogens is 292 g/mol. The molecule has 0 aliphatic heterocycles. The van der Waals surface area contributed by atoms with E-state index in [1.807, 2.05) is 36.0 Å². The number of hydrogen-bond donors (Lipinski definition) is 0. The van der Waals surface area contributed by atoms with Crippen LogP contribution < -0.4 is 4.80 Å². The summed E-state index contributed by atoms with van der Waals surface area (Å²) >= 11 is 1.62. The zero-order chi connectivity index (χ0) is 15.5. The SMILES string of the molecule is CC1CCC(N=c2sc(-c3ccc(C#N)cc3)nn2C)CC1. The van der Waals surface area contributed by atoms with Crippen molar-refractivity contribution in [3.63, 3.8) is 0 Å². The van der Waals surface area contributed by atoms with E-state index in [2.05, 4.69) is 18.1 Å². The second-order valence-electron chi connectivity index (χ2n) is 6.05. The molecule has 22 heavy (non-hydrogen) atoms. The van der Waals surface area contributed by atoms with E-state index < -0.39 is 0 Å². The Labute approximate surface area is 134 Å². The van der Waals surface area contributed by atoms with Crippen LogP contribution in [0, 0.1) is 17.2 Å². The van der Waals surface area contributed by atoms with Gasteiger partial charge in [0.2, 0.25) is 4.80 Å². The van der Waals surface area contributed by atoms with Gasteiger partial charge in [0, 0.05) is 12.6 Å². The van der Waals surface area contributed by atoms with Gasteiger partial charge in [-0.05, 0) is 43.7 Å². The summed E-state index contributed by atoms with van der Waals surface area (Å²) < 4.78 is 1.87. The lowest BCUT2D eigenvalue weighted by Gasteiger charge is -2.22. The van der Waals surface area contributed by atoms with E-state index >= 15 is 0 Å². The molecule has 0 atom stereocenters. The molecule has 5 heteroatoms. The van der Waals surface area contributed by atoms with E-state index in [1.54, 1.807) is 11.3 Å². The van der Waals surface area contributed by atoms with E-state index in [1.165, 1.54) is 25.7 Å². The Morgan fingerprint density at radius 1 is 1.23 bits per heavy atom. The highest BCUT2D eigenvalue weighted by atomic mass is 32.1. The largest absolute Gasteiger partial charge is 0.254 e. The Morgan fingerprint density at radius 3 is 2.55 bits per heavy atom. The van der Waals surface area contributed by atoms with Crippen LogP contribution in [0.5, 0.6) is 0 Å². The van der Waals surface area contributed by atoms with Crippen molar-refractivity contribution in [1.29, 1.82) is 5.26 Å². The van der Waals surface area contributed by atoms with Gasteiger partial charge in [-0.1, -0.05) is 30.4 Å². The fraction of sp³-hybridized carbons (Fsp3) is 0.471. The number of rotatable bonds is 2. The van der Waals surface area contributed by atoms with Crippen LogP contribution in [0.15, 0.2) is 29.3 Å². The molecule has 1 aliphatic carbocycles. The summed E-state index contributed by atoms with van der Waals surface area (Å²) in [5.41, 5.74) is 1.71. The smallest absolute Gasteiger partial charge is 0.203 e. The first-order chi connectivity index (χ1) is 10.7. The van der Waals surface area contributed by atoms with Crippen LogP contribution in [0.3, 0.4) is 0 Å². The molecule has 0 radical (unpaired) electrons. The summed E-state index contributed by atoms with van der Waals surface area (Å²) in [6.45, 7) is 2.33. The van der Waals surface area contributed by atoms with Gasteiger partial charge in [-0.3, -0.25) is 4.99 Å². The summed E-state index contributed by atoms with van der Waals surface area (Å²) in [4.78, 5) is 5.88. The van der Waals surface area contributed by atoms with Gasteiger partial charge in [0.1, 0.15) is 5.01 Å². The summed E-state index contributed by atoms with van der Waals surface area (Å²) in [7, 11) is 1.95. The zero-order valence-electron chi connectivity index (χ0n) is 13.0. The second kappa shape index (κ2) is 6.45. The van der Waals surface area contributed by atoms with Gasteiger partial charge in [-0.2, -0.15) is 10.4 Å². The molecule has 1 aromatic carbocycles. The normalized spacial score (nSPS) is 22.5. The maximum Gasteiger partial charge on any atom is 0.203 e. The van der Waals surface area contributed by atoms with Crippen molar-refractivity contribution in [3.8, 4) is 16.6 Å². The number of hydrogen-bond acceptors (Lipinski definition) is 4. The minimum atomic E-state index is 0.441. The highest BCUT2D eigenvalue weighted by molar-refractivity contribution is 7.12. The van der Waals surface area contributed by atoms with Crippen molar-refractivity contribution in [1.82, 2.24) is 9.78 Å². The molecule has 3 rings (SSSR count). The lowest BCUT2D eigenvalue weighted by molar-refractivity contribution is 0.344. The zero-order valence-corrected chi connectivity index (χ0v) is 13.8. The van der Waals surface area contributed by atoms with Crippen molar-refractivity contribution in [3.05, 3.63) is 34.6 Å². The van der Waals surface area contributed by atoms with Crippen LogP contribution in [0.4, 0.5) is 0 Å². The Kier molecular flexibility index (Phi) is 4.39. The Hall–Kier alpha value is -1.93. The predicted molar refractivity (Wildman–Crippen MR) is 88.2 cm³/mol. The van der Waals surface area contributed by atoms with E-state index in [4.69, 9.17) is 10.3 Å². The average Bonchev–Trinajstić information content (AvgIpc) is 2.91. The first-order valence-electron chi connectivity index (χ1n) is 7.74. The lowest BCUT2D eigenvalue weighted by atomic mass is 9.88. The third-order valence-electron chi connectivity index (χ3n) is 4.24. The van der Waals surface area contributed by atoms with Crippen LogP contribution in [-0.2, 0) is 7.05 Å². The summed E-state index contributed by atoms with van der Waals surface area (Å²) in [6, 6.07) is 10.1. The van der Waals surface area contributed by atoms with Gasteiger partial charge < -0.3 is 0 Å². The van der Waals surface area contributed by atoms with Crippen molar-refractivity contribution < 1.29 is 0 Å². The monoisotopic (exact) mass is 312 g/mol. The molecule has 1 heterocycles. The standard InChI is InChI=1S/C17H20N4S/c1-12-3-9-15(10-4-12)19-17-21(2)20-16(22-17)14-7-5-13(11-18)6-8-14/h5-8,12,15H,3-4,9-10H2,1-2H3. The average molecular weight is 312 g/mol. The lowest BCUT2D eigenvalue weighted by Crippen LogP contribution is -2.21. The summed E-state index contributed by atoms with van der Waals surface area (Å²) in [6.07, 6.45) is 4.93. The molecule has 0 spiro atoms. The van der Waals surface area contributed by atoms with Gasteiger partial charge in [-0.25, -0.2) is 4.68 Å². The maximum absolute atomic E-state index is 8.87. The fourth-order valence-corrected chi connectivity index (χ4v) is 3.76. The molecule has 0 bridgehead atoms. The Morgan fingerprint density at radius 2 is 1.91 bits per heavy atom. The molecular formula is C17H20N4S. The molecule has 1 saturated carbocycles. The first-order valence-corrected chi connectivity index (χ1v) is 8.56. The van der Waals surface area contributed by atoms with E-state index in [0.29, 0.717) is 11.6 Å². The molecule has 1 fully saturated rings. The van der Waals surface area contributed by atoms with Crippen molar-refractivity contribution in [2.75, 3.05) is 0 Å². The molecule has 4 nitrogen and oxygen atoms in total. The molecule has 2 aromatic rings. The first kappa shape index (κ1) is 15.0. The number of aryl methyl sites for hydroxylation is 1. The number of nitriles is 1. The third kappa shape index (κ3) is 3.28. The van der Waals surface area contributed by atoms with Crippen molar-refractivity contribution in [2.45, 2.75) is 38.6 Å². The van der Waals surface area contributed by atoms with Crippen LogP contribution >= 0.6 is 11.3 Å². The van der Waals surface area contributed by atoms with E-state index in [0.717, 1.165) is 21.3 Å². The molecule has 114 valence electrons. The van der Waals surface area contributed by atoms with Gasteiger partial charge in [-0.15, -0.1) is 0 Å². The highest BCUT2D eigenvalue weighted by Gasteiger charge is 2.17. The van der Waals surface area contributed by atoms with Crippen molar-refractivity contribution in [2.24, 2.45) is 18.0 Å². The predicted octanol–water partition coefficient (Wildman–Crippen LogP) is 3.50. The molecule has 0 saturated heterocycles. The molecule has 0 unspecified atom stereocenters. The van der Waals surface area contributed by atoms with Gasteiger partial charge in [0.15, 0.2) is 0 Å². The van der Waals surface area contributed by atoms with Crippen LogP contribution in [0.2, 0.25) is 0 Å². The van der Waals surface area contributed by atoms with Gasteiger partial charge >= 0.3 is 0 Å². The Balaban J connectivity index is 1.85. The van der Waals surface area contributed by atoms with Crippen LogP contribution in [-0.4, -0.2) is 15.8 Å². The van der Waals surface area contributed by atoms with Gasteiger partial charge in [0.25, 0.3) is 0 Å². The number of benzene rings is 1. The minimum absolute atomic E-state index is 0.441. The van der Waals surface area contributed by atoms with E-state index in [9.17, 15) is 0 Å². The molecule has 1 aromatic heterocycles. The third-order valence-corrected chi connectivity index (χ3v) is 5.31. The quantitative estimate of drug-likeness (QED) is 0.852. The summed E-state index contributed by atoms with van der Waals surface area (Å²) in [5.74, 6) is 0.843. The second-order valence-corrected chi connectivity index (χ2v) is 7.00. The van der Waals surface area contributed by atoms with Crippen LogP contribution in [0.25, 0.3) is 10.6 Å². The van der Waals surface area contributed by atoms with E-state index in [-0.39, 0.29) is 0 Å². The highest BCUT2D eigenvalue weighted by Crippen LogP contribution is 2.25. The number of nitrogens with zero attached hydrogens (tertiary/aromatic N) is 4. The number of aromatic nitrogens is 2. The molecule has 0 N–H and O–H groups in total. The topological polar surface area (TPSA) is 54.0 Å². The maximum atomic E-state index is 8.87. The van der Waals surface area contributed by atoms with Crippen molar-refractivity contribution >= 4 is 11.3 Å². The fourth-order valence-electron chi connectivity index (χ4n) is 2.79.